The Morgan fingerprint density at radius 3 is 2.84 bits per heavy atom. The number of ether oxygens (including phenoxy) is 1. The van der Waals surface area contributed by atoms with Crippen molar-refractivity contribution in [3.63, 3.8) is 0 Å². The van der Waals surface area contributed by atoms with E-state index < -0.39 is 0 Å². The van der Waals surface area contributed by atoms with E-state index in [9.17, 15) is 4.79 Å². The third kappa shape index (κ3) is 4.03. The number of nitrogens with one attached hydrogen (secondary N) is 1. The van der Waals surface area contributed by atoms with Crippen LogP contribution in [0.3, 0.4) is 0 Å². The van der Waals surface area contributed by atoms with E-state index >= 15 is 0 Å². The highest BCUT2D eigenvalue weighted by atomic mass is 32.1. The molecule has 1 aliphatic rings. The molecule has 0 bridgehead atoms. The number of carbonyl (C=O) groups is 1. The Labute approximate surface area is 118 Å². The van der Waals surface area contributed by atoms with Gasteiger partial charge in [0.2, 0.25) is 5.91 Å². The third-order valence-corrected chi connectivity index (χ3v) is 4.63. The van der Waals surface area contributed by atoms with E-state index in [1.54, 1.807) is 11.3 Å². The second kappa shape index (κ2) is 6.50. The molecule has 2 heterocycles. The van der Waals surface area contributed by atoms with E-state index in [2.05, 4.69) is 36.7 Å². The van der Waals surface area contributed by atoms with Gasteiger partial charge < -0.3 is 15.0 Å². The molecular formula is C14H22N2O2S. The maximum Gasteiger partial charge on any atom is 0.236 e. The Balaban J connectivity index is 1.75. The first-order valence-electron chi connectivity index (χ1n) is 6.70. The average Bonchev–Trinajstić information content (AvgIpc) is 2.94. The lowest BCUT2D eigenvalue weighted by Gasteiger charge is -2.28. The van der Waals surface area contributed by atoms with Gasteiger partial charge >= 0.3 is 0 Å². The standard InChI is InChI=1S/C14H22N2O2S/c1-14(2,12-4-3-9-19-12)11-15-10-13(17)16-5-7-18-8-6-16/h3-4,9,15H,5-8,10-11H2,1-2H3. The van der Waals surface area contributed by atoms with Gasteiger partial charge in [-0.05, 0) is 11.4 Å². The summed E-state index contributed by atoms with van der Waals surface area (Å²) in [5.74, 6) is 0.172. The highest BCUT2D eigenvalue weighted by Gasteiger charge is 2.22. The van der Waals surface area contributed by atoms with Gasteiger partial charge in [-0.3, -0.25) is 4.79 Å². The Bertz CT molecular complexity index is 398. The molecule has 5 heteroatoms. The molecule has 2 rings (SSSR count). The second-order valence-corrected chi connectivity index (χ2v) is 6.41. The number of amides is 1. The van der Waals surface area contributed by atoms with Gasteiger partial charge in [0, 0.05) is 29.9 Å². The monoisotopic (exact) mass is 282 g/mol. The Morgan fingerprint density at radius 2 is 2.21 bits per heavy atom. The predicted molar refractivity (Wildman–Crippen MR) is 77.6 cm³/mol. The van der Waals surface area contributed by atoms with Gasteiger partial charge in [-0.1, -0.05) is 19.9 Å². The van der Waals surface area contributed by atoms with Crippen LogP contribution in [0.4, 0.5) is 0 Å². The first kappa shape index (κ1) is 14.5. The van der Waals surface area contributed by atoms with E-state index in [1.807, 2.05) is 4.90 Å². The molecule has 0 aliphatic carbocycles. The van der Waals surface area contributed by atoms with Crippen LogP contribution in [0.15, 0.2) is 17.5 Å². The first-order valence-corrected chi connectivity index (χ1v) is 7.58. The molecule has 106 valence electrons. The van der Waals surface area contributed by atoms with Crippen molar-refractivity contribution < 1.29 is 9.53 Å². The molecule has 0 unspecified atom stereocenters. The minimum atomic E-state index is 0.0689. The van der Waals surface area contributed by atoms with Crippen LogP contribution in [-0.2, 0) is 14.9 Å². The molecule has 19 heavy (non-hydrogen) atoms. The van der Waals surface area contributed by atoms with Crippen LogP contribution in [0.5, 0.6) is 0 Å². The van der Waals surface area contributed by atoms with Crippen LogP contribution in [0.2, 0.25) is 0 Å². The minimum absolute atomic E-state index is 0.0689. The van der Waals surface area contributed by atoms with E-state index in [4.69, 9.17) is 4.74 Å². The summed E-state index contributed by atoms with van der Waals surface area (Å²) in [6.07, 6.45) is 0. The van der Waals surface area contributed by atoms with Gasteiger partial charge in [0.1, 0.15) is 0 Å². The molecule has 0 saturated carbocycles. The van der Waals surface area contributed by atoms with Gasteiger partial charge in [-0.2, -0.15) is 0 Å². The zero-order chi connectivity index (χ0) is 13.7. The van der Waals surface area contributed by atoms with Crippen LogP contribution in [0.1, 0.15) is 18.7 Å². The van der Waals surface area contributed by atoms with Crippen LogP contribution in [0, 0.1) is 0 Å². The van der Waals surface area contributed by atoms with E-state index in [-0.39, 0.29) is 11.3 Å². The fourth-order valence-electron chi connectivity index (χ4n) is 2.16. The molecule has 0 aromatic carbocycles. The fraction of sp³-hybridized carbons (Fsp3) is 0.643. The lowest BCUT2D eigenvalue weighted by atomic mass is 9.91. The Morgan fingerprint density at radius 1 is 1.47 bits per heavy atom. The average molecular weight is 282 g/mol. The zero-order valence-electron chi connectivity index (χ0n) is 11.6. The lowest BCUT2D eigenvalue weighted by molar-refractivity contribution is -0.134. The van der Waals surface area contributed by atoms with Gasteiger partial charge in [-0.25, -0.2) is 0 Å². The van der Waals surface area contributed by atoms with Crippen molar-refractivity contribution in [3.05, 3.63) is 22.4 Å². The third-order valence-electron chi connectivity index (χ3n) is 3.40. The Kier molecular flexibility index (Phi) is 4.96. The molecule has 1 aromatic heterocycles. The number of rotatable bonds is 5. The Hall–Kier alpha value is -0.910. The van der Waals surface area contributed by atoms with Crippen molar-refractivity contribution in [2.24, 2.45) is 0 Å². The summed E-state index contributed by atoms with van der Waals surface area (Å²) in [4.78, 5) is 15.2. The molecule has 0 spiro atoms. The predicted octanol–water partition coefficient (Wildman–Crippen LogP) is 1.47. The van der Waals surface area contributed by atoms with Crippen LogP contribution in [0.25, 0.3) is 0 Å². The first-order chi connectivity index (χ1) is 9.09. The molecule has 1 aromatic rings. The molecule has 1 saturated heterocycles. The van der Waals surface area contributed by atoms with Gasteiger partial charge in [0.15, 0.2) is 0 Å². The van der Waals surface area contributed by atoms with Crippen molar-refractivity contribution in [2.45, 2.75) is 19.3 Å². The van der Waals surface area contributed by atoms with E-state index in [0.29, 0.717) is 19.8 Å². The second-order valence-electron chi connectivity index (χ2n) is 5.46. The van der Waals surface area contributed by atoms with E-state index in [0.717, 1.165) is 19.6 Å². The molecule has 0 radical (unpaired) electrons. The zero-order valence-corrected chi connectivity index (χ0v) is 12.5. The highest BCUT2D eigenvalue weighted by molar-refractivity contribution is 7.10. The quantitative estimate of drug-likeness (QED) is 0.889. The molecule has 1 fully saturated rings. The summed E-state index contributed by atoms with van der Waals surface area (Å²) >= 11 is 1.76. The molecular weight excluding hydrogens is 260 g/mol. The number of morpholine rings is 1. The van der Waals surface area contributed by atoms with Crippen LogP contribution < -0.4 is 5.32 Å². The summed E-state index contributed by atoms with van der Waals surface area (Å²) in [5.41, 5.74) is 0.0689. The molecule has 1 amide bonds. The lowest BCUT2D eigenvalue weighted by Crippen LogP contribution is -2.46. The fourth-order valence-corrected chi connectivity index (χ4v) is 3.01. The number of hydrogen-bond donors (Lipinski definition) is 1. The van der Waals surface area contributed by atoms with Crippen LogP contribution in [-0.4, -0.2) is 50.2 Å². The van der Waals surface area contributed by atoms with Gasteiger partial charge in [0.25, 0.3) is 0 Å². The van der Waals surface area contributed by atoms with Crippen molar-refractivity contribution in [2.75, 3.05) is 39.4 Å². The maximum absolute atomic E-state index is 12.0. The number of thiophene rings is 1. The highest BCUT2D eigenvalue weighted by Crippen LogP contribution is 2.26. The number of hydrogen-bond acceptors (Lipinski definition) is 4. The SMILES string of the molecule is CC(C)(CNCC(=O)N1CCOCC1)c1cccs1. The maximum atomic E-state index is 12.0. The van der Waals surface area contributed by atoms with Crippen LogP contribution >= 0.6 is 11.3 Å². The largest absolute Gasteiger partial charge is 0.378 e. The normalized spacial score (nSPS) is 16.6. The van der Waals surface area contributed by atoms with Gasteiger partial charge in [-0.15, -0.1) is 11.3 Å². The number of nitrogens with zero attached hydrogens (tertiary/aromatic N) is 1. The summed E-state index contributed by atoms with van der Waals surface area (Å²) in [7, 11) is 0. The molecule has 4 nitrogen and oxygen atoms in total. The molecule has 1 N–H and O–H groups in total. The van der Waals surface area contributed by atoms with Crippen molar-refractivity contribution in [1.82, 2.24) is 10.2 Å². The summed E-state index contributed by atoms with van der Waals surface area (Å²) in [6, 6.07) is 4.22. The van der Waals surface area contributed by atoms with Crippen molar-refractivity contribution >= 4 is 17.2 Å². The van der Waals surface area contributed by atoms with E-state index in [1.165, 1.54) is 4.88 Å². The molecule has 1 aliphatic heterocycles. The summed E-state index contributed by atoms with van der Waals surface area (Å²) in [5, 5.41) is 5.38. The smallest absolute Gasteiger partial charge is 0.236 e. The molecule has 0 atom stereocenters. The van der Waals surface area contributed by atoms with Crippen molar-refractivity contribution in [3.8, 4) is 0 Å². The summed E-state index contributed by atoms with van der Waals surface area (Å²) in [6.45, 7) is 8.37. The topological polar surface area (TPSA) is 41.6 Å². The summed E-state index contributed by atoms with van der Waals surface area (Å²) < 4.78 is 5.24. The minimum Gasteiger partial charge on any atom is -0.378 e. The van der Waals surface area contributed by atoms with Gasteiger partial charge in [0.05, 0.1) is 19.8 Å². The van der Waals surface area contributed by atoms with Crippen molar-refractivity contribution in [1.29, 1.82) is 0 Å². The number of carbonyl (C=O) groups excluding carboxylic acids is 1.